The molecule has 0 heterocycles. The molecule has 0 aliphatic carbocycles. The Kier molecular flexibility index (Phi) is 3.58. The molecule has 3 heteroatoms. The Morgan fingerprint density at radius 3 is 2.53 bits per heavy atom. The topological polar surface area (TPSA) is 49.7 Å². The first-order valence-electron chi connectivity index (χ1n) is 5.09. The highest BCUT2D eigenvalue weighted by Crippen LogP contribution is 2.28. The first-order chi connectivity index (χ1) is 6.92. The lowest BCUT2D eigenvalue weighted by Crippen LogP contribution is -2.21. The van der Waals surface area contributed by atoms with Crippen LogP contribution in [0.3, 0.4) is 0 Å². The van der Waals surface area contributed by atoms with Crippen LogP contribution < -0.4 is 4.74 Å². The molecule has 0 aliphatic heterocycles. The molecule has 0 aliphatic rings. The lowest BCUT2D eigenvalue weighted by atomic mass is 9.98. The third kappa shape index (κ3) is 3.80. The molecule has 0 saturated heterocycles. The van der Waals surface area contributed by atoms with Crippen molar-refractivity contribution >= 4 is 0 Å². The minimum atomic E-state index is -0.750. The number of benzene rings is 1. The maximum absolute atomic E-state index is 9.66. The standard InChI is InChI=1S/C12H18O3/c1-4-15-11-7-9(5-6-10(11)13)8-12(2,3)14/h5-7,13-14H,4,8H2,1-3H3. The van der Waals surface area contributed by atoms with Crippen molar-refractivity contribution in [3.8, 4) is 11.5 Å². The Hall–Kier alpha value is -1.22. The Labute approximate surface area is 90.3 Å². The summed E-state index contributed by atoms with van der Waals surface area (Å²) < 4.78 is 5.26. The molecule has 0 saturated carbocycles. The highest BCUT2D eigenvalue weighted by atomic mass is 16.5. The predicted molar refractivity (Wildman–Crippen MR) is 59.3 cm³/mol. The lowest BCUT2D eigenvalue weighted by molar-refractivity contribution is 0.0809. The van der Waals surface area contributed by atoms with Gasteiger partial charge in [0.25, 0.3) is 0 Å². The molecule has 15 heavy (non-hydrogen) atoms. The van der Waals surface area contributed by atoms with Crippen LogP contribution in [0.15, 0.2) is 18.2 Å². The van der Waals surface area contributed by atoms with E-state index in [2.05, 4.69) is 0 Å². The maximum atomic E-state index is 9.66. The van der Waals surface area contributed by atoms with Crippen LogP contribution in [0.2, 0.25) is 0 Å². The molecule has 0 spiro atoms. The molecule has 0 unspecified atom stereocenters. The zero-order valence-electron chi connectivity index (χ0n) is 9.45. The van der Waals surface area contributed by atoms with Crippen LogP contribution in [-0.2, 0) is 6.42 Å². The van der Waals surface area contributed by atoms with Crippen LogP contribution in [-0.4, -0.2) is 22.4 Å². The molecule has 1 rings (SSSR count). The number of aromatic hydroxyl groups is 1. The monoisotopic (exact) mass is 210 g/mol. The predicted octanol–water partition coefficient (Wildman–Crippen LogP) is 2.10. The first-order valence-corrected chi connectivity index (χ1v) is 5.09. The van der Waals surface area contributed by atoms with E-state index in [-0.39, 0.29) is 5.75 Å². The summed E-state index contributed by atoms with van der Waals surface area (Å²) in [5.74, 6) is 0.607. The zero-order valence-corrected chi connectivity index (χ0v) is 9.45. The number of ether oxygens (including phenoxy) is 1. The van der Waals surface area contributed by atoms with E-state index in [4.69, 9.17) is 4.74 Å². The molecule has 0 radical (unpaired) electrons. The smallest absolute Gasteiger partial charge is 0.161 e. The van der Waals surface area contributed by atoms with Crippen molar-refractivity contribution in [2.24, 2.45) is 0 Å². The molecule has 1 aromatic carbocycles. The van der Waals surface area contributed by atoms with Gasteiger partial charge in [-0.1, -0.05) is 6.07 Å². The van der Waals surface area contributed by atoms with Gasteiger partial charge < -0.3 is 14.9 Å². The largest absolute Gasteiger partial charge is 0.504 e. The van der Waals surface area contributed by atoms with E-state index < -0.39 is 5.60 Å². The minimum absolute atomic E-state index is 0.136. The highest BCUT2D eigenvalue weighted by molar-refractivity contribution is 5.42. The second-order valence-electron chi connectivity index (χ2n) is 4.22. The second kappa shape index (κ2) is 4.53. The molecule has 0 fully saturated rings. The van der Waals surface area contributed by atoms with Crippen LogP contribution in [0.5, 0.6) is 11.5 Å². The van der Waals surface area contributed by atoms with Gasteiger partial charge in [-0.25, -0.2) is 0 Å². The van der Waals surface area contributed by atoms with E-state index in [1.807, 2.05) is 6.92 Å². The second-order valence-corrected chi connectivity index (χ2v) is 4.22. The van der Waals surface area contributed by atoms with Crippen molar-refractivity contribution in [3.63, 3.8) is 0 Å². The number of rotatable bonds is 4. The summed E-state index contributed by atoms with van der Waals surface area (Å²) in [5, 5.41) is 19.1. The molecule has 0 amide bonds. The molecule has 2 N–H and O–H groups in total. The van der Waals surface area contributed by atoms with Crippen molar-refractivity contribution in [3.05, 3.63) is 23.8 Å². The van der Waals surface area contributed by atoms with E-state index in [9.17, 15) is 10.2 Å². The van der Waals surface area contributed by atoms with Crippen LogP contribution in [0.4, 0.5) is 0 Å². The van der Waals surface area contributed by atoms with Gasteiger partial charge in [0.15, 0.2) is 11.5 Å². The van der Waals surface area contributed by atoms with E-state index in [1.54, 1.807) is 32.0 Å². The van der Waals surface area contributed by atoms with Crippen molar-refractivity contribution in [2.45, 2.75) is 32.8 Å². The fourth-order valence-corrected chi connectivity index (χ4v) is 1.44. The van der Waals surface area contributed by atoms with Crippen molar-refractivity contribution < 1.29 is 14.9 Å². The van der Waals surface area contributed by atoms with E-state index in [0.29, 0.717) is 18.8 Å². The van der Waals surface area contributed by atoms with Crippen LogP contribution in [0, 0.1) is 0 Å². The number of phenols is 1. The quantitative estimate of drug-likeness (QED) is 0.800. The van der Waals surface area contributed by atoms with Gasteiger partial charge in [0.05, 0.1) is 12.2 Å². The summed E-state index contributed by atoms with van der Waals surface area (Å²) in [5.41, 5.74) is 0.198. The van der Waals surface area contributed by atoms with Gasteiger partial charge >= 0.3 is 0 Å². The highest BCUT2D eigenvalue weighted by Gasteiger charge is 2.14. The Morgan fingerprint density at radius 1 is 1.33 bits per heavy atom. The minimum Gasteiger partial charge on any atom is -0.504 e. The van der Waals surface area contributed by atoms with E-state index in [0.717, 1.165) is 5.56 Å². The first kappa shape index (κ1) is 11.9. The number of hydrogen-bond acceptors (Lipinski definition) is 3. The molecular weight excluding hydrogens is 192 g/mol. The average Bonchev–Trinajstić information content (AvgIpc) is 2.09. The molecule has 84 valence electrons. The van der Waals surface area contributed by atoms with Crippen molar-refractivity contribution in [2.75, 3.05) is 6.61 Å². The van der Waals surface area contributed by atoms with E-state index >= 15 is 0 Å². The van der Waals surface area contributed by atoms with Gasteiger partial charge in [0.1, 0.15) is 0 Å². The van der Waals surface area contributed by atoms with Gasteiger partial charge in [-0.05, 0) is 38.5 Å². The third-order valence-electron chi connectivity index (χ3n) is 1.96. The number of hydrogen-bond donors (Lipinski definition) is 2. The van der Waals surface area contributed by atoms with Crippen LogP contribution >= 0.6 is 0 Å². The molecule has 0 aromatic heterocycles. The SMILES string of the molecule is CCOc1cc(CC(C)(C)O)ccc1O. The molecule has 0 atom stereocenters. The normalized spacial score (nSPS) is 11.5. The fourth-order valence-electron chi connectivity index (χ4n) is 1.44. The molecule has 3 nitrogen and oxygen atoms in total. The van der Waals surface area contributed by atoms with Crippen LogP contribution in [0.1, 0.15) is 26.3 Å². The lowest BCUT2D eigenvalue weighted by Gasteiger charge is -2.17. The van der Waals surface area contributed by atoms with Gasteiger partial charge in [-0.3, -0.25) is 0 Å². The van der Waals surface area contributed by atoms with E-state index in [1.165, 1.54) is 0 Å². The maximum Gasteiger partial charge on any atom is 0.161 e. The Balaban J connectivity index is 2.87. The summed E-state index contributed by atoms with van der Waals surface area (Å²) in [6.07, 6.45) is 0.535. The number of aliphatic hydroxyl groups is 1. The Morgan fingerprint density at radius 2 is 2.00 bits per heavy atom. The molecule has 0 bridgehead atoms. The summed E-state index contributed by atoms with van der Waals surface area (Å²) in [6, 6.07) is 5.14. The van der Waals surface area contributed by atoms with Gasteiger partial charge in [-0.2, -0.15) is 0 Å². The fraction of sp³-hybridized carbons (Fsp3) is 0.500. The Bertz CT molecular complexity index is 326. The third-order valence-corrected chi connectivity index (χ3v) is 1.96. The van der Waals surface area contributed by atoms with Gasteiger partial charge in [0.2, 0.25) is 0 Å². The van der Waals surface area contributed by atoms with Crippen LogP contribution in [0.25, 0.3) is 0 Å². The molecule has 1 aromatic rings. The zero-order chi connectivity index (χ0) is 11.5. The molecular formula is C12H18O3. The summed E-state index contributed by atoms with van der Waals surface area (Å²) >= 11 is 0. The van der Waals surface area contributed by atoms with Crippen molar-refractivity contribution in [1.82, 2.24) is 0 Å². The van der Waals surface area contributed by atoms with Gasteiger partial charge in [-0.15, -0.1) is 0 Å². The summed E-state index contributed by atoms with van der Waals surface area (Å²) in [4.78, 5) is 0. The summed E-state index contributed by atoms with van der Waals surface area (Å²) in [6.45, 7) is 5.88. The number of phenolic OH excluding ortho intramolecular Hbond substituents is 1. The average molecular weight is 210 g/mol. The van der Waals surface area contributed by atoms with Gasteiger partial charge in [0, 0.05) is 6.42 Å². The summed E-state index contributed by atoms with van der Waals surface area (Å²) in [7, 11) is 0. The van der Waals surface area contributed by atoms with Crippen molar-refractivity contribution in [1.29, 1.82) is 0 Å².